The Morgan fingerprint density at radius 1 is 1.00 bits per heavy atom. The Kier molecular flexibility index (Phi) is 5.45. The standard InChI is InChI=1S/C20H15Cl2NO5/c1-9-4-6-10(7-5-9)13-14-11(8-12(21)23-18(14)22)17(24)16(20(26)28-3)15(13)19(25)27-2/h4-8,24H,1-3H3. The zero-order valence-corrected chi connectivity index (χ0v) is 16.7. The van der Waals surface area contributed by atoms with Gasteiger partial charge in [0, 0.05) is 16.3 Å². The molecular formula is C20H15Cl2NO5. The van der Waals surface area contributed by atoms with Crippen molar-refractivity contribution in [1.29, 1.82) is 0 Å². The fourth-order valence-corrected chi connectivity index (χ4v) is 3.55. The number of rotatable bonds is 3. The number of pyridine rings is 1. The Balaban J connectivity index is 2.63. The molecule has 0 aliphatic heterocycles. The molecule has 0 atom stereocenters. The van der Waals surface area contributed by atoms with E-state index in [-0.39, 0.29) is 37.8 Å². The first kappa shape index (κ1) is 19.9. The number of hydrogen-bond acceptors (Lipinski definition) is 6. The molecule has 6 nitrogen and oxygen atoms in total. The van der Waals surface area contributed by atoms with Crippen LogP contribution in [-0.2, 0) is 9.47 Å². The first-order valence-electron chi connectivity index (χ1n) is 8.08. The molecule has 3 aromatic rings. The van der Waals surface area contributed by atoms with Gasteiger partial charge in [0.1, 0.15) is 21.6 Å². The van der Waals surface area contributed by atoms with Crippen molar-refractivity contribution >= 4 is 45.9 Å². The van der Waals surface area contributed by atoms with Gasteiger partial charge in [0.25, 0.3) is 0 Å². The maximum atomic E-state index is 12.7. The first-order chi connectivity index (χ1) is 13.3. The highest BCUT2D eigenvalue weighted by atomic mass is 35.5. The van der Waals surface area contributed by atoms with E-state index < -0.39 is 17.7 Å². The van der Waals surface area contributed by atoms with Gasteiger partial charge in [-0.05, 0) is 18.6 Å². The topological polar surface area (TPSA) is 85.7 Å². The van der Waals surface area contributed by atoms with Crippen LogP contribution in [0.3, 0.4) is 0 Å². The van der Waals surface area contributed by atoms with Crippen LogP contribution in [0, 0.1) is 6.92 Å². The number of nitrogens with zero attached hydrogens (tertiary/aromatic N) is 1. The second-order valence-corrected chi connectivity index (χ2v) is 6.73. The number of phenols is 1. The van der Waals surface area contributed by atoms with Gasteiger partial charge in [-0.2, -0.15) is 0 Å². The SMILES string of the molecule is COC(=O)c1c(C(=O)OC)c(-c2ccc(C)cc2)c2c(Cl)nc(Cl)cc2c1O. The van der Waals surface area contributed by atoms with Crippen molar-refractivity contribution in [1.82, 2.24) is 4.98 Å². The fourth-order valence-electron chi connectivity index (χ4n) is 3.03. The fraction of sp³-hybridized carbons (Fsp3) is 0.150. The third-order valence-corrected chi connectivity index (χ3v) is 4.77. The van der Waals surface area contributed by atoms with Crippen LogP contribution in [0.25, 0.3) is 21.9 Å². The van der Waals surface area contributed by atoms with E-state index in [0.29, 0.717) is 5.56 Å². The first-order valence-corrected chi connectivity index (χ1v) is 8.84. The van der Waals surface area contributed by atoms with Crippen LogP contribution in [0.5, 0.6) is 5.75 Å². The van der Waals surface area contributed by atoms with E-state index in [0.717, 1.165) is 12.7 Å². The van der Waals surface area contributed by atoms with Gasteiger partial charge in [-0.1, -0.05) is 53.0 Å². The Labute approximate surface area is 170 Å². The van der Waals surface area contributed by atoms with Crippen LogP contribution in [0.15, 0.2) is 30.3 Å². The summed E-state index contributed by atoms with van der Waals surface area (Å²) >= 11 is 12.3. The highest BCUT2D eigenvalue weighted by Crippen LogP contribution is 2.44. The predicted octanol–water partition coefficient (Wildman–Crippen LogP) is 4.80. The second kappa shape index (κ2) is 7.66. The smallest absolute Gasteiger partial charge is 0.342 e. The zero-order valence-electron chi connectivity index (χ0n) is 15.2. The molecule has 0 aliphatic carbocycles. The molecule has 1 heterocycles. The zero-order chi connectivity index (χ0) is 20.6. The van der Waals surface area contributed by atoms with Gasteiger partial charge in [0.05, 0.1) is 19.8 Å². The van der Waals surface area contributed by atoms with Gasteiger partial charge in [-0.15, -0.1) is 0 Å². The molecule has 28 heavy (non-hydrogen) atoms. The molecule has 0 radical (unpaired) electrons. The Morgan fingerprint density at radius 3 is 2.14 bits per heavy atom. The molecule has 3 rings (SSSR count). The van der Waals surface area contributed by atoms with E-state index in [9.17, 15) is 14.7 Å². The van der Waals surface area contributed by atoms with Gasteiger partial charge in [0.15, 0.2) is 0 Å². The van der Waals surface area contributed by atoms with Crippen LogP contribution in [0.4, 0.5) is 0 Å². The Hall–Kier alpha value is -2.83. The van der Waals surface area contributed by atoms with Crippen molar-refractivity contribution in [3.8, 4) is 16.9 Å². The Morgan fingerprint density at radius 2 is 1.57 bits per heavy atom. The number of esters is 2. The molecule has 8 heteroatoms. The molecule has 1 aromatic heterocycles. The summed E-state index contributed by atoms with van der Waals surface area (Å²) in [5.74, 6) is -2.24. The minimum Gasteiger partial charge on any atom is -0.506 e. The van der Waals surface area contributed by atoms with Crippen molar-refractivity contribution in [2.75, 3.05) is 14.2 Å². The number of phenolic OH excluding ortho intramolecular Hbond substituents is 1. The van der Waals surface area contributed by atoms with Gasteiger partial charge in [0.2, 0.25) is 0 Å². The molecule has 0 fully saturated rings. The number of aromatic nitrogens is 1. The van der Waals surface area contributed by atoms with Crippen LogP contribution in [0.1, 0.15) is 26.3 Å². The lowest BCUT2D eigenvalue weighted by atomic mass is 9.89. The molecule has 1 N–H and O–H groups in total. The van der Waals surface area contributed by atoms with Gasteiger partial charge >= 0.3 is 11.9 Å². The van der Waals surface area contributed by atoms with E-state index in [4.69, 9.17) is 32.7 Å². The van der Waals surface area contributed by atoms with Gasteiger partial charge < -0.3 is 14.6 Å². The molecule has 0 saturated heterocycles. The number of halogens is 2. The third kappa shape index (κ3) is 3.25. The van der Waals surface area contributed by atoms with Crippen LogP contribution >= 0.6 is 23.2 Å². The monoisotopic (exact) mass is 419 g/mol. The van der Waals surface area contributed by atoms with Crippen LogP contribution in [-0.4, -0.2) is 36.2 Å². The number of benzene rings is 2. The predicted molar refractivity (Wildman–Crippen MR) is 106 cm³/mol. The van der Waals surface area contributed by atoms with E-state index >= 15 is 0 Å². The van der Waals surface area contributed by atoms with Crippen molar-refractivity contribution in [2.45, 2.75) is 6.92 Å². The summed E-state index contributed by atoms with van der Waals surface area (Å²) in [6, 6.07) is 8.57. The van der Waals surface area contributed by atoms with E-state index in [1.54, 1.807) is 12.1 Å². The molecule has 0 unspecified atom stereocenters. The maximum Gasteiger partial charge on any atom is 0.342 e. The van der Waals surface area contributed by atoms with E-state index in [2.05, 4.69) is 4.98 Å². The van der Waals surface area contributed by atoms with E-state index in [1.165, 1.54) is 13.2 Å². The maximum absolute atomic E-state index is 12.7. The number of hydrogen-bond donors (Lipinski definition) is 1. The molecule has 0 saturated carbocycles. The summed E-state index contributed by atoms with van der Waals surface area (Å²) in [5, 5.41) is 11.2. The summed E-state index contributed by atoms with van der Waals surface area (Å²) in [4.78, 5) is 29.1. The minimum atomic E-state index is -0.905. The lowest BCUT2D eigenvalue weighted by molar-refractivity contribution is 0.0553. The summed E-state index contributed by atoms with van der Waals surface area (Å²) in [7, 11) is 2.32. The van der Waals surface area contributed by atoms with Crippen molar-refractivity contribution in [3.63, 3.8) is 0 Å². The molecule has 0 aliphatic rings. The summed E-state index contributed by atoms with van der Waals surface area (Å²) in [5.41, 5.74) is 1.35. The third-order valence-electron chi connectivity index (χ3n) is 4.31. The summed E-state index contributed by atoms with van der Waals surface area (Å²) < 4.78 is 9.66. The molecule has 144 valence electrons. The number of aromatic hydroxyl groups is 1. The van der Waals surface area contributed by atoms with Crippen molar-refractivity contribution in [3.05, 3.63) is 57.3 Å². The largest absolute Gasteiger partial charge is 0.506 e. The lowest BCUT2D eigenvalue weighted by Crippen LogP contribution is -2.14. The molecular weight excluding hydrogens is 405 g/mol. The number of aryl methyl sites for hydroxylation is 1. The van der Waals surface area contributed by atoms with Gasteiger partial charge in [-0.25, -0.2) is 14.6 Å². The average molecular weight is 420 g/mol. The molecule has 0 bridgehead atoms. The minimum absolute atomic E-state index is 0.0179. The highest BCUT2D eigenvalue weighted by Gasteiger charge is 2.31. The van der Waals surface area contributed by atoms with Crippen LogP contribution in [0.2, 0.25) is 10.3 Å². The summed E-state index contributed by atoms with van der Waals surface area (Å²) in [6.07, 6.45) is 0. The molecule has 2 aromatic carbocycles. The number of carbonyl (C=O) groups excluding carboxylic acids is 2. The normalized spacial score (nSPS) is 10.8. The quantitative estimate of drug-likeness (QED) is 0.484. The highest BCUT2D eigenvalue weighted by molar-refractivity contribution is 6.38. The number of fused-ring (bicyclic) bond motifs is 1. The number of methoxy groups -OCH3 is 2. The number of carbonyl (C=O) groups is 2. The lowest BCUT2D eigenvalue weighted by Gasteiger charge is -2.18. The number of ether oxygens (including phenoxy) is 2. The molecule has 0 amide bonds. The molecule has 0 spiro atoms. The summed E-state index contributed by atoms with van der Waals surface area (Å²) in [6.45, 7) is 1.91. The van der Waals surface area contributed by atoms with E-state index in [1.807, 2.05) is 19.1 Å². The van der Waals surface area contributed by atoms with Crippen LogP contribution < -0.4 is 0 Å². The Bertz CT molecular complexity index is 1110. The van der Waals surface area contributed by atoms with Gasteiger partial charge in [-0.3, -0.25) is 0 Å². The second-order valence-electron chi connectivity index (χ2n) is 5.98. The average Bonchev–Trinajstić information content (AvgIpc) is 2.67. The van der Waals surface area contributed by atoms with Crippen molar-refractivity contribution < 1.29 is 24.2 Å². The van der Waals surface area contributed by atoms with Crippen molar-refractivity contribution in [2.24, 2.45) is 0 Å².